The summed E-state index contributed by atoms with van der Waals surface area (Å²) in [5.74, 6) is 0.210. The van der Waals surface area contributed by atoms with Gasteiger partial charge in [0.1, 0.15) is 0 Å². The number of aromatic amines is 1. The quantitative estimate of drug-likeness (QED) is 0.656. The maximum Gasteiger partial charge on any atom is 0.306 e. The van der Waals surface area contributed by atoms with Gasteiger partial charge in [-0.05, 0) is 68.6 Å². The van der Waals surface area contributed by atoms with Crippen molar-refractivity contribution in [2.45, 2.75) is 83.4 Å². The number of piperidine rings is 1. The molecule has 0 radical (unpaired) electrons. The van der Waals surface area contributed by atoms with Crippen molar-refractivity contribution in [2.24, 2.45) is 5.41 Å². The van der Waals surface area contributed by atoms with E-state index in [1.165, 1.54) is 0 Å². The van der Waals surface area contributed by atoms with Crippen molar-refractivity contribution in [1.82, 2.24) is 9.88 Å². The van der Waals surface area contributed by atoms with E-state index in [0.29, 0.717) is 18.2 Å². The van der Waals surface area contributed by atoms with Gasteiger partial charge in [0.15, 0.2) is 5.75 Å². The van der Waals surface area contributed by atoms with Gasteiger partial charge in [0.05, 0.1) is 11.9 Å². The van der Waals surface area contributed by atoms with E-state index in [2.05, 4.69) is 18.8 Å². The van der Waals surface area contributed by atoms with E-state index in [1.54, 1.807) is 12.1 Å². The number of H-pyrrole nitrogens is 1. The van der Waals surface area contributed by atoms with Crippen LogP contribution >= 0.6 is 0 Å². The molecule has 8 heteroatoms. The second kappa shape index (κ2) is 7.76. The maximum absolute atomic E-state index is 13.5. The van der Waals surface area contributed by atoms with Gasteiger partial charge in [0.25, 0.3) is 0 Å². The number of aliphatic hydroxyl groups is 1. The van der Waals surface area contributed by atoms with E-state index < -0.39 is 15.7 Å². The minimum Gasteiger partial charge on any atom is -0.390 e. The number of amides is 1. The van der Waals surface area contributed by atoms with Gasteiger partial charge >= 0.3 is 10.1 Å². The number of carbonyl (C=O) groups excluding carboxylic acids is 1. The van der Waals surface area contributed by atoms with Gasteiger partial charge < -0.3 is 19.2 Å². The first kappa shape index (κ1) is 23.1. The fraction of sp³-hybridized carbons (Fsp3) is 0.625. The zero-order valence-electron chi connectivity index (χ0n) is 19.5. The molecule has 2 bridgehead atoms. The fourth-order valence-corrected chi connectivity index (χ4v) is 6.93. The maximum atomic E-state index is 13.5. The summed E-state index contributed by atoms with van der Waals surface area (Å²) in [6.07, 6.45) is 6.35. The standard InChI is InChI=1S/C24H34N2O5S/c1-15(18-13-25-19-7-6-8-20(22(18)19)31-32(5,29)30)9-21(27)26-16(2)10-23(3)11-17(26)12-24(4,28)14-23/h6-8,13,15-17,25,28H,9-12,14H2,1-5H3. The summed E-state index contributed by atoms with van der Waals surface area (Å²) in [5, 5.41) is 11.5. The third kappa shape index (κ3) is 4.53. The van der Waals surface area contributed by atoms with Gasteiger partial charge in [-0.3, -0.25) is 4.79 Å². The number of hydrogen-bond donors (Lipinski definition) is 2. The third-order valence-corrected chi connectivity index (χ3v) is 7.59. The second-order valence-electron chi connectivity index (χ2n) is 10.7. The van der Waals surface area contributed by atoms with Crippen molar-refractivity contribution < 1.29 is 22.5 Å². The molecule has 1 aromatic heterocycles. The average molecular weight is 463 g/mol. The van der Waals surface area contributed by atoms with Gasteiger partial charge in [-0.25, -0.2) is 0 Å². The van der Waals surface area contributed by atoms with Crippen LogP contribution in [-0.4, -0.2) is 53.3 Å². The van der Waals surface area contributed by atoms with Crippen LogP contribution in [0.25, 0.3) is 10.9 Å². The normalized spacial score (nSPS) is 31.5. The molecule has 176 valence electrons. The molecule has 5 atom stereocenters. The Kier molecular flexibility index (Phi) is 5.61. The number of fused-ring (bicyclic) bond motifs is 3. The molecule has 2 fully saturated rings. The minimum absolute atomic E-state index is 0.0410. The Morgan fingerprint density at radius 2 is 2.03 bits per heavy atom. The van der Waals surface area contributed by atoms with Crippen LogP contribution in [0.3, 0.4) is 0 Å². The Balaban J connectivity index is 1.59. The molecule has 32 heavy (non-hydrogen) atoms. The molecule has 7 nitrogen and oxygen atoms in total. The summed E-state index contributed by atoms with van der Waals surface area (Å²) in [5.41, 5.74) is 0.934. The molecular weight excluding hydrogens is 428 g/mol. The molecule has 2 N–H and O–H groups in total. The Labute approximate surface area is 190 Å². The lowest BCUT2D eigenvalue weighted by molar-refractivity contribution is -0.154. The van der Waals surface area contributed by atoms with Crippen LogP contribution in [0, 0.1) is 5.41 Å². The molecule has 0 spiro atoms. The lowest BCUT2D eigenvalue weighted by Gasteiger charge is -2.56. The SMILES string of the molecule is CC(CC(=O)N1C(C)CC2(C)CC1CC(C)(O)C2)c1c[nH]c2cccc(OS(C)(=O)=O)c12. The molecule has 5 unspecified atom stereocenters. The van der Waals surface area contributed by atoms with Crippen LogP contribution < -0.4 is 4.18 Å². The van der Waals surface area contributed by atoms with Gasteiger partial charge in [0.2, 0.25) is 5.91 Å². The summed E-state index contributed by atoms with van der Waals surface area (Å²) < 4.78 is 28.7. The highest BCUT2D eigenvalue weighted by atomic mass is 32.2. The summed E-state index contributed by atoms with van der Waals surface area (Å²) in [4.78, 5) is 18.7. The topological polar surface area (TPSA) is 99.7 Å². The van der Waals surface area contributed by atoms with Crippen LogP contribution in [0.4, 0.5) is 0 Å². The van der Waals surface area contributed by atoms with E-state index >= 15 is 0 Å². The fourth-order valence-electron chi connectivity index (χ4n) is 6.46. The number of aromatic nitrogens is 1. The number of nitrogens with one attached hydrogen (secondary N) is 1. The highest BCUT2D eigenvalue weighted by molar-refractivity contribution is 7.86. The molecule has 2 aliphatic rings. The minimum atomic E-state index is -3.68. The highest BCUT2D eigenvalue weighted by Gasteiger charge is 2.50. The Morgan fingerprint density at radius 3 is 2.72 bits per heavy atom. The van der Waals surface area contributed by atoms with Crippen molar-refractivity contribution in [3.63, 3.8) is 0 Å². The summed E-state index contributed by atoms with van der Waals surface area (Å²) in [6, 6.07) is 5.40. The third-order valence-electron chi connectivity index (χ3n) is 7.11. The van der Waals surface area contributed by atoms with Crippen LogP contribution in [-0.2, 0) is 14.9 Å². The zero-order valence-corrected chi connectivity index (χ0v) is 20.3. The lowest BCUT2D eigenvalue weighted by Crippen LogP contribution is -2.60. The monoisotopic (exact) mass is 462 g/mol. The molecule has 2 heterocycles. The number of nitrogens with zero attached hydrogens (tertiary/aromatic N) is 1. The summed E-state index contributed by atoms with van der Waals surface area (Å²) >= 11 is 0. The largest absolute Gasteiger partial charge is 0.390 e. The molecule has 2 aromatic rings. The van der Waals surface area contributed by atoms with E-state index in [0.717, 1.165) is 36.6 Å². The Bertz CT molecular complexity index is 1130. The van der Waals surface area contributed by atoms with Crippen molar-refractivity contribution >= 4 is 26.9 Å². The summed E-state index contributed by atoms with van der Waals surface area (Å²) in [7, 11) is -3.68. The smallest absolute Gasteiger partial charge is 0.306 e. The molecule has 1 saturated heterocycles. The molecule has 1 saturated carbocycles. The van der Waals surface area contributed by atoms with Gasteiger partial charge in [-0.2, -0.15) is 8.42 Å². The number of likely N-dealkylation sites (tertiary alicyclic amines) is 1. The van der Waals surface area contributed by atoms with E-state index in [9.17, 15) is 18.3 Å². The van der Waals surface area contributed by atoms with E-state index in [4.69, 9.17) is 4.18 Å². The predicted molar refractivity (Wildman–Crippen MR) is 124 cm³/mol. The molecule has 1 aliphatic carbocycles. The van der Waals surface area contributed by atoms with Crippen molar-refractivity contribution in [2.75, 3.05) is 6.26 Å². The van der Waals surface area contributed by atoms with Crippen LogP contribution in [0.1, 0.15) is 71.3 Å². The van der Waals surface area contributed by atoms with Crippen LogP contribution in [0.5, 0.6) is 5.75 Å². The van der Waals surface area contributed by atoms with Crippen molar-refractivity contribution in [1.29, 1.82) is 0 Å². The number of carbonyl (C=O) groups is 1. The molecule has 4 rings (SSSR count). The molecule has 1 amide bonds. The predicted octanol–water partition coefficient (Wildman–Crippen LogP) is 3.93. The van der Waals surface area contributed by atoms with Gasteiger partial charge in [-0.15, -0.1) is 0 Å². The Morgan fingerprint density at radius 1 is 1.31 bits per heavy atom. The molecular formula is C24H34N2O5S. The van der Waals surface area contributed by atoms with Gasteiger partial charge in [-0.1, -0.05) is 19.9 Å². The Hall–Kier alpha value is -2.06. The number of rotatable bonds is 5. The molecule has 1 aromatic carbocycles. The average Bonchev–Trinajstić information content (AvgIpc) is 3.02. The van der Waals surface area contributed by atoms with Crippen molar-refractivity contribution in [3.8, 4) is 5.75 Å². The van der Waals surface area contributed by atoms with Crippen LogP contribution in [0.2, 0.25) is 0 Å². The van der Waals surface area contributed by atoms with E-state index in [-0.39, 0.29) is 35.1 Å². The van der Waals surface area contributed by atoms with Crippen molar-refractivity contribution in [3.05, 3.63) is 30.0 Å². The first-order chi connectivity index (χ1) is 14.8. The number of hydrogen-bond acceptors (Lipinski definition) is 5. The number of benzene rings is 1. The van der Waals surface area contributed by atoms with Gasteiger partial charge in [0, 0.05) is 35.6 Å². The first-order valence-electron chi connectivity index (χ1n) is 11.3. The zero-order chi connectivity index (χ0) is 23.5. The lowest BCUT2D eigenvalue weighted by atomic mass is 9.61. The van der Waals surface area contributed by atoms with E-state index in [1.807, 2.05) is 31.0 Å². The molecule has 1 aliphatic heterocycles. The summed E-state index contributed by atoms with van der Waals surface area (Å²) in [6.45, 7) is 8.20. The second-order valence-corrected chi connectivity index (χ2v) is 12.3. The van der Waals surface area contributed by atoms with Crippen LogP contribution in [0.15, 0.2) is 24.4 Å². The first-order valence-corrected chi connectivity index (χ1v) is 13.1. The highest BCUT2D eigenvalue weighted by Crippen LogP contribution is 2.50.